The van der Waals surface area contributed by atoms with Gasteiger partial charge in [-0.2, -0.15) is 0 Å². The van der Waals surface area contributed by atoms with Crippen molar-refractivity contribution in [3.8, 4) is 0 Å². The second kappa shape index (κ2) is 56.3. The number of ether oxygens (including phenoxy) is 3. The SMILES string of the molecule is CCCCCCCCCCCCCCCCCCCCC(=O)OC[C@@H](COC(=O)CCCCCCCCCCCCCC(C)C)OC(=O)CCCCCCCCCCCCCCCCCCCC. The lowest BCUT2D eigenvalue weighted by Crippen LogP contribution is -2.30. The highest BCUT2D eigenvalue weighted by atomic mass is 16.6. The molecular formula is C62H120O6. The van der Waals surface area contributed by atoms with Crippen molar-refractivity contribution in [1.29, 1.82) is 0 Å². The Labute approximate surface area is 425 Å². The summed E-state index contributed by atoms with van der Waals surface area (Å²) in [6.07, 6.45) is 62.4. The highest BCUT2D eigenvalue weighted by molar-refractivity contribution is 5.71. The van der Waals surface area contributed by atoms with E-state index in [9.17, 15) is 14.4 Å². The molecule has 0 spiro atoms. The van der Waals surface area contributed by atoms with Gasteiger partial charge < -0.3 is 14.2 Å². The monoisotopic (exact) mass is 961 g/mol. The zero-order valence-corrected chi connectivity index (χ0v) is 46.6. The van der Waals surface area contributed by atoms with Gasteiger partial charge in [-0.15, -0.1) is 0 Å². The van der Waals surface area contributed by atoms with Crippen LogP contribution in [0.3, 0.4) is 0 Å². The second-order valence-corrected chi connectivity index (χ2v) is 21.8. The third-order valence-electron chi connectivity index (χ3n) is 14.3. The molecule has 0 saturated carbocycles. The van der Waals surface area contributed by atoms with Gasteiger partial charge in [-0.25, -0.2) is 0 Å². The van der Waals surface area contributed by atoms with Gasteiger partial charge in [-0.1, -0.05) is 317 Å². The van der Waals surface area contributed by atoms with E-state index in [1.54, 1.807) is 0 Å². The number of hydrogen-bond donors (Lipinski definition) is 0. The predicted molar refractivity (Wildman–Crippen MR) is 293 cm³/mol. The molecule has 0 amide bonds. The third kappa shape index (κ3) is 55.3. The van der Waals surface area contributed by atoms with Gasteiger partial charge in [0.25, 0.3) is 0 Å². The Balaban J connectivity index is 4.28. The van der Waals surface area contributed by atoms with Crippen molar-refractivity contribution in [3.05, 3.63) is 0 Å². The van der Waals surface area contributed by atoms with E-state index in [-0.39, 0.29) is 31.1 Å². The van der Waals surface area contributed by atoms with E-state index in [1.807, 2.05) is 0 Å². The summed E-state index contributed by atoms with van der Waals surface area (Å²) in [5, 5.41) is 0. The Morgan fingerprint density at radius 3 is 0.721 bits per heavy atom. The Morgan fingerprint density at radius 1 is 0.279 bits per heavy atom. The standard InChI is InChI=1S/C62H120O6/c1-5-7-9-11-13-15-17-19-21-23-25-27-29-33-37-41-45-49-53-60(63)66-56-59(57-67-61(64)54-50-46-42-38-35-31-32-36-40-44-48-52-58(3)4)68-62(65)55-51-47-43-39-34-30-28-26-24-22-20-18-16-14-12-10-8-6-2/h58-59H,5-57H2,1-4H3/t59-/m0/s1. The van der Waals surface area contributed by atoms with E-state index >= 15 is 0 Å². The molecule has 0 aromatic carbocycles. The summed E-state index contributed by atoms with van der Waals surface area (Å²) in [6, 6.07) is 0. The molecule has 0 fully saturated rings. The summed E-state index contributed by atoms with van der Waals surface area (Å²) in [5.74, 6) is -0.00434. The molecule has 0 aromatic heterocycles. The molecule has 0 aliphatic carbocycles. The van der Waals surface area contributed by atoms with Crippen LogP contribution in [-0.2, 0) is 28.6 Å². The van der Waals surface area contributed by atoms with Gasteiger partial charge in [-0.3, -0.25) is 14.4 Å². The highest BCUT2D eigenvalue weighted by Crippen LogP contribution is 2.18. The molecule has 1 atom stereocenters. The fraction of sp³-hybridized carbons (Fsp3) is 0.952. The van der Waals surface area contributed by atoms with E-state index in [0.717, 1.165) is 63.7 Å². The highest BCUT2D eigenvalue weighted by Gasteiger charge is 2.19. The number of rotatable bonds is 57. The minimum Gasteiger partial charge on any atom is -0.462 e. The molecule has 6 heteroatoms. The van der Waals surface area contributed by atoms with Crippen molar-refractivity contribution in [2.75, 3.05) is 13.2 Å². The first kappa shape index (κ1) is 66.4. The average molecular weight is 962 g/mol. The number of carbonyl (C=O) groups excluding carboxylic acids is 3. The van der Waals surface area contributed by atoms with Gasteiger partial charge in [0.05, 0.1) is 0 Å². The van der Waals surface area contributed by atoms with Crippen LogP contribution in [0.2, 0.25) is 0 Å². The molecular weight excluding hydrogens is 841 g/mol. The van der Waals surface area contributed by atoms with Gasteiger partial charge in [0, 0.05) is 19.3 Å². The molecule has 6 nitrogen and oxygen atoms in total. The Hall–Kier alpha value is -1.59. The summed E-state index contributed by atoms with van der Waals surface area (Å²) in [4.78, 5) is 38.2. The molecule has 0 heterocycles. The molecule has 0 saturated heterocycles. The van der Waals surface area contributed by atoms with Crippen LogP contribution in [-0.4, -0.2) is 37.2 Å². The number of hydrogen-bond acceptors (Lipinski definition) is 6. The maximum Gasteiger partial charge on any atom is 0.306 e. The van der Waals surface area contributed by atoms with Crippen LogP contribution in [0.25, 0.3) is 0 Å². The van der Waals surface area contributed by atoms with Crippen LogP contribution in [0.1, 0.15) is 355 Å². The van der Waals surface area contributed by atoms with Crippen LogP contribution >= 0.6 is 0 Å². The minimum absolute atomic E-state index is 0.0615. The Bertz CT molecular complexity index is 1030. The third-order valence-corrected chi connectivity index (χ3v) is 14.3. The zero-order valence-electron chi connectivity index (χ0n) is 46.6. The van der Waals surface area contributed by atoms with Gasteiger partial charge in [0.1, 0.15) is 13.2 Å². The maximum absolute atomic E-state index is 12.9. The molecule has 0 aliphatic rings. The van der Waals surface area contributed by atoms with Crippen molar-refractivity contribution in [2.45, 2.75) is 361 Å². The molecule has 0 unspecified atom stereocenters. The number of esters is 3. The minimum atomic E-state index is -0.763. The first-order valence-corrected chi connectivity index (χ1v) is 30.9. The normalized spacial score (nSPS) is 12.0. The summed E-state index contributed by atoms with van der Waals surface area (Å²) in [7, 11) is 0. The Morgan fingerprint density at radius 2 is 0.485 bits per heavy atom. The maximum atomic E-state index is 12.9. The fourth-order valence-electron chi connectivity index (χ4n) is 9.63. The van der Waals surface area contributed by atoms with Gasteiger partial charge >= 0.3 is 17.9 Å². The summed E-state index contributed by atoms with van der Waals surface area (Å²) >= 11 is 0. The first-order chi connectivity index (χ1) is 33.4. The van der Waals surface area contributed by atoms with Crippen LogP contribution in [0, 0.1) is 5.92 Å². The molecule has 0 bridgehead atoms. The molecule has 68 heavy (non-hydrogen) atoms. The van der Waals surface area contributed by atoms with Crippen molar-refractivity contribution in [2.24, 2.45) is 5.92 Å². The van der Waals surface area contributed by atoms with E-state index in [1.165, 1.54) is 250 Å². The van der Waals surface area contributed by atoms with Crippen molar-refractivity contribution < 1.29 is 28.6 Å². The lowest BCUT2D eigenvalue weighted by atomic mass is 10.0. The quantitative estimate of drug-likeness (QED) is 0.0343. The molecule has 404 valence electrons. The molecule has 0 aliphatic heterocycles. The van der Waals surface area contributed by atoms with Crippen molar-refractivity contribution >= 4 is 17.9 Å². The average Bonchev–Trinajstić information content (AvgIpc) is 3.32. The lowest BCUT2D eigenvalue weighted by molar-refractivity contribution is -0.167. The second-order valence-electron chi connectivity index (χ2n) is 21.8. The zero-order chi connectivity index (χ0) is 49.5. The van der Waals surface area contributed by atoms with Crippen molar-refractivity contribution in [1.82, 2.24) is 0 Å². The van der Waals surface area contributed by atoms with Gasteiger partial charge in [-0.05, 0) is 25.2 Å². The number of carbonyl (C=O) groups is 3. The summed E-state index contributed by atoms with van der Waals surface area (Å²) in [5.41, 5.74) is 0. The first-order valence-electron chi connectivity index (χ1n) is 30.9. The fourth-order valence-corrected chi connectivity index (χ4v) is 9.63. The van der Waals surface area contributed by atoms with E-state index in [4.69, 9.17) is 14.2 Å². The van der Waals surface area contributed by atoms with E-state index in [0.29, 0.717) is 19.3 Å². The molecule has 0 N–H and O–H groups in total. The molecule has 0 radical (unpaired) electrons. The van der Waals surface area contributed by atoms with Crippen LogP contribution < -0.4 is 0 Å². The summed E-state index contributed by atoms with van der Waals surface area (Å²) in [6.45, 7) is 9.07. The van der Waals surface area contributed by atoms with Gasteiger partial charge in [0.15, 0.2) is 6.10 Å². The molecule has 0 rings (SSSR count). The lowest BCUT2D eigenvalue weighted by Gasteiger charge is -2.18. The van der Waals surface area contributed by atoms with Crippen molar-refractivity contribution in [3.63, 3.8) is 0 Å². The number of unbranched alkanes of at least 4 members (excludes halogenated alkanes) is 44. The van der Waals surface area contributed by atoms with Crippen LogP contribution in [0.5, 0.6) is 0 Å². The molecule has 0 aromatic rings. The largest absolute Gasteiger partial charge is 0.462 e. The van der Waals surface area contributed by atoms with Crippen LogP contribution in [0.4, 0.5) is 0 Å². The summed E-state index contributed by atoms with van der Waals surface area (Å²) < 4.78 is 16.9. The van der Waals surface area contributed by atoms with Gasteiger partial charge in [0.2, 0.25) is 0 Å². The van der Waals surface area contributed by atoms with E-state index < -0.39 is 6.10 Å². The van der Waals surface area contributed by atoms with Crippen LogP contribution in [0.15, 0.2) is 0 Å². The Kier molecular flexibility index (Phi) is 55.0. The smallest absolute Gasteiger partial charge is 0.306 e. The van der Waals surface area contributed by atoms with E-state index in [2.05, 4.69) is 27.7 Å². The predicted octanol–water partition coefficient (Wildman–Crippen LogP) is 20.6. The topological polar surface area (TPSA) is 78.9 Å².